The summed E-state index contributed by atoms with van der Waals surface area (Å²) in [6.07, 6.45) is 4.15. The molecule has 1 aromatic carbocycles. The van der Waals surface area contributed by atoms with Crippen molar-refractivity contribution >= 4 is 17.7 Å². The van der Waals surface area contributed by atoms with Crippen LogP contribution in [-0.4, -0.2) is 52.6 Å². The predicted molar refractivity (Wildman–Crippen MR) is 84.4 cm³/mol. The van der Waals surface area contributed by atoms with Crippen LogP contribution in [0.1, 0.15) is 24.8 Å². The second-order valence-corrected chi connectivity index (χ2v) is 6.52. The second kappa shape index (κ2) is 7.29. The number of rotatable bonds is 4. The Balaban J connectivity index is 1.93. The van der Waals surface area contributed by atoms with Crippen molar-refractivity contribution in [2.45, 2.75) is 36.2 Å². The van der Waals surface area contributed by atoms with Gasteiger partial charge in [0.15, 0.2) is 0 Å². The van der Waals surface area contributed by atoms with Crippen LogP contribution >= 0.6 is 11.8 Å². The van der Waals surface area contributed by atoms with Gasteiger partial charge < -0.3 is 15.1 Å². The molecular weight excluding hydrogens is 286 g/mol. The van der Waals surface area contributed by atoms with Crippen molar-refractivity contribution in [3.05, 3.63) is 29.8 Å². The van der Waals surface area contributed by atoms with Crippen molar-refractivity contribution in [3.8, 4) is 0 Å². The minimum atomic E-state index is -1.02. The molecule has 21 heavy (non-hydrogen) atoms. The van der Waals surface area contributed by atoms with E-state index in [1.54, 1.807) is 16.7 Å². The van der Waals surface area contributed by atoms with Crippen LogP contribution in [0.15, 0.2) is 29.2 Å². The van der Waals surface area contributed by atoms with E-state index in [1.807, 2.05) is 30.5 Å². The minimum absolute atomic E-state index is 0.0918. The number of carbonyl (C=O) groups excluding carboxylic acids is 1. The lowest BCUT2D eigenvalue weighted by molar-refractivity contribution is -0.130. The smallest absolute Gasteiger partial charge is 0.226 e. The Morgan fingerprint density at radius 3 is 2.62 bits per heavy atom. The van der Waals surface area contributed by atoms with Crippen molar-refractivity contribution in [2.24, 2.45) is 0 Å². The molecule has 1 heterocycles. The fourth-order valence-electron chi connectivity index (χ4n) is 2.62. The summed E-state index contributed by atoms with van der Waals surface area (Å²) in [5, 5.41) is 19.3. The van der Waals surface area contributed by atoms with Gasteiger partial charge in [0.2, 0.25) is 5.91 Å². The zero-order chi connectivity index (χ0) is 15.3. The summed E-state index contributed by atoms with van der Waals surface area (Å²) in [6, 6.07) is 8.04. The average Bonchev–Trinajstić information content (AvgIpc) is 2.71. The number of aliphatic hydroxyl groups is 2. The molecule has 0 bridgehead atoms. The summed E-state index contributed by atoms with van der Waals surface area (Å²) in [7, 11) is 0. The molecule has 1 saturated heterocycles. The maximum Gasteiger partial charge on any atom is 0.226 e. The number of aliphatic hydroxyl groups excluding tert-OH is 1. The molecule has 1 atom stereocenters. The second-order valence-electron chi connectivity index (χ2n) is 5.64. The van der Waals surface area contributed by atoms with E-state index in [0.717, 1.165) is 12.0 Å². The summed E-state index contributed by atoms with van der Waals surface area (Å²) in [6.45, 7) is 0.938. The summed E-state index contributed by atoms with van der Waals surface area (Å²) in [5.74, 6) is 0.0918. The van der Waals surface area contributed by atoms with Gasteiger partial charge >= 0.3 is 0 Å². The van der Waals surface area contributed by atoms with Crippen molar-refractivity contribution in [2.75, 3.05) is 26.0 Å². The van der Waals surface area contributed by atoms with Gasteiger partial charge in [0, 0.05) is 18.0 Å². The molecule has 2 rings (SSSR count). The molecular formula is C16H23NO3S. The molecule has 4 nitrogen and oxygen atoms in total. The number of nitrogens with zero attached hydrogens (tertiary/aromatic N) is 1. The van der Waals surface area contributed by atoms with E-state index in [0.29, 0.717) is 32.4 Å². The molecule has 1 fully saturated rings. The molecule has 0 spiro atoms. The van der Waals surface area contributed by atoms with Gasteiger partial charge in [-0.15, -0.1) is 11.8 Å². The van der Waals surface area contributed by atoms with Crippen molar-refractivity contribution in [1.82, 2.24) is 4.90 Å². The molecule has 0 radical (unpaired) electrons. The highest BCUT2D eigenvalue weighted by Gasteiger charge is 2.30. The van der Waals surface area contributed by atoms with E-state index in [2.05, 4.69) is 0 Å². The maximum absolute atomic E-state index is 12.4. The molecule has 2 N–H and O–H groups in total. The Kier molecular flexibility index (Phi) is 5.67. The number of carbonyl (C=O) groups is 1. The standard InChI is InChI=1S/C16H23NO3S/c1-21-14-5-3-13(4-6-14)11-15(19)17-9-2-7-16(20,12-18)8-10-17/h3-6,18,20H,2,7-12H2,1H3/t16-/m0/s1. The molecule has 1 amide bonds. The first-order chi connectivity index (χ1) is 10.1. The third kappa shape index (κ3) is 4.46. The van der Waals surface area contributed by atoms with Gasteiger partial charge in [0.25, 0.3) is 0 Å². The van der Waals surface area contributed by atoms with Gasteiger partial charge in [0.1, 0.15) is 0 Å². The molecule has 0 aromatic heterocycles. The quantitative estimate of drug-likeness (QED) is 0.831. The van der Waals surface area contributed by atoms with Crippen LogP contribution in [0, 0.1) is 0 Å². The van der Waals surface area contributed by atoms with Gasteiger partial charge in [-0.3, -0.25) is 4.79 Å². The molecule has 116 valence electrons. The Morgan fingerprint density at radius 2 is 2.00 bits per heavy atom. The van der Waals surface area contributed by atoms with Crippen LogP contribution < -0.4 is 0 Å². The van der Waals surface area contributed by atoms with Crippen LogP contribution in [0.2, 0.25) is 0 Å². The van der Waals surface area contributed by atoms with Crippen LogP contribution in [-0.2, 0) is 11.2 Å². The predicted octanol–water partition coefficient (Wildman–Crippen LogP) is 1.69. The van der Waals surface area contributed by atoms with Crippen LogP contribution in [0.3, 0.4) is 0 Å². The van der Waals surface area contributed by atoms with Crippen LogP contribution in [0.4, 0.5) is 0 Å². The first kappa shape index (κ1) is 16.3. The zero-order valence-corrected chi connectivity index (χ0v) is 13.2. The van der Waals surface area contributed by atoms with E-state index in [1.165, 1.54) is 4.90 Å². The number of likely N-dealkylation sites (tertiary alicyclic amines) is 1. The number of amides is 1. The summed E-state index contributed by atoms with van der Waals surface area (Å²) >= 11 is 1.68. The summed E-state index contributed by atoms with van der Waals surface area (Å²) in [5.41, 5.74) is -0.00543. The number of hydrogen-bond donors (Lipinski definition) is 2. The van der Waals surface area contributed by atoms with Gasteiger partial charge in [-0.1, -0.05) is 12.1 Å². The Labute approximate surface area is 130 Å². The Hall–Kier alpha value is -1.04. The molecule has 1 aliphatic heterocycles. The molecule has 0 unspecified atom stereocenters. The van der Waals surface area contributed by atoms with Crippen LogP contribution in [0.25, 0.3) is 0 Å². The monoisotopic (exact) mass is 309 g/mol. The van der Waals surface area contributed by atoms with Gasteiger partial charge in [0.05, 0.1) is 18.6 Å². The zero-order valence-electron chi connectivity index (χ0n) is 12.4. The number of thioether (sulfide) groups is 1. The number of hydrogen-bond acceptors (Lipinski definition) is 4. The van der Waals surface area contributed by atoms with Crippen molar-refractivity contribution < 1.29 is 15.0 Å². The lowest BCUT2D eigenvalue weighted by atomic mass is 9.96. The Morgan fingerprint density at radius 1 is 1.29 bits per heavy atom. The average molecular weight is 309 g/mol. The van der Waals surface area contributed by atoms with Gasteiger partial charge in [-0.25, -0.2) is 0 Å². The van der Waals surface area contributed by atoms with Crippen LogP contribution in [0.5, 0.6) is 0 Å². The van der Waals surface area contributed by atoms with E-state index in [9.17, 15) is 15.0 Å². The maximum atomic E-state index is 12.4. The van der Waals surface area contributed by atoms with Gasteiger partial charge in [-0.05, 0) is 43.2 Å². The summed E-state index contributed by atoms with van der Waals surface area (Å²) < 4.78 is 0. The molecule has 5 heteroatoms. The van der Waals surface area contributed by atoms with E-state index < -0.39 is 5.60 Å². The van der Waals surface area contributed by atoms with Gasteiger partial charge in [-0.2, -0.15) is 0 Å². The molecule has 1 aliphatic rings. The Bertz CT molecular complexity index is 477. The first-order valence-electron chi connectivity index (χ1n) is 7.30. The summed E-state index contributed by atoms with van der Waals surface area (Å²) in [4.78, 5) is 15.3. The van der Waals surface area contributed by atoms with Crippen molar-refractivity contribution in [3.63, 3.8) is 0 Å². The molecule has 1 aromatic rings. The lowest BCUT2D eigenvalue weighted by Crippen LogP contribution is -2.37. The minimum Gasteiger partial charge on any atom is -0.393 e. The lowest BCUT2D eigenvalue weighted by Gasteiger charge is -2.24. The fourth-order valence-corrected chi connectivity index (χ4v) is 3.02. The SMILES string of the molecule is CSc1ccc(CC(=O)N2CCC[C@@](O)(CO)CC2)cc1. The highest BCUT2D eigenvalue weighted by atomic mass is 32.2. The van der Waals surface area contributed by atoms with E-state index >= 15 is 0 Å². The largest absolute Gasteiger partial charge is 0.393 e. The molecule has 0 saturated carbocycles. The molecule has 0 aliphatic carbocycles. The van der Waals surface area contributed by atoms with E-state index in [4.69, 9.17) is 0 Å². The van der Waals surface area contributed by atoms with Crippen molar-refractivity contribution in [1.29, 1.82) is 0 Å². The highest BCUT2D eigenvalue weighted by Crippen LogP contribution is 2.22. The third-order valence-corrected chi connectivity index (χ3v) is 4.82. The third-order valence-electron chi connectivity index (χ3n) is 4.08. The van der Waals surface area contributed by atoms with E-state index in [-0.39, 0.29) is 12.5 Å². The normalized spacial score (nSPS) is 22.9. The topological polar surface area (TPSA) is 60.8 Å². The fraction of sp³-hybridized carbons (Fsp3) is 0.562. The highest BCUT2D eigenvalue weighted by molar-refractivity contribution is 7.98. The first-order valence-corrected chi connectivity index (χ1v) is 8.53. The number of benzene rings is 1.